The third-order valence-electron chi connectivity index (χ3n) is 0.667. The van der Waals surface area contributed by atoms with Crippen LogP contribution in [-0.4, -0.2) is 23.9 Å². The molecule has 0 heterocycles. The molecule has 0 aromatic rings. The van der Waals surface area contributed by atoms with Crippen LogP contribution >= 0.6 is 0 Å². The van der Waals surface area contributed by atoms with E-state index in [0.717, 1.165) is 24.3 Å². The first-order valence-electron chi connectivity index (χ1n) is 4.42. The number of halogens is 1. The van der Waals surface area contributed by atoms with E-state index in [1.165, 1.54) is 0 Å². The molecule has 0 saturated heterocycles. The first-order valence-corrected chi connectivity index (χ1v) is 4.42. The second-order valence-corrected chi connectivity index (χ2v) is 2.09. The van der Waals surface area contributed by atoms with Crippen LogP contribution in [0.3, 0.4) is 0 Å². The molecule has 0 atom stereocenters. The van der Waals surface area contributed by atoms with Gasteiger partial charge in [-0.15, -0.1) is 0 Å². The standard InChI is InChI=1S/4C3H4O2.C.FH/c4*1-2-3(4)5;;/h4*2H,1H2,(H,4,5);;1H/q;;;;+4;/p-4. The third-order valence-corrected chi connectivity index (χ3v) is 0.667. The van der Waals surface area contributed by atoms with Crippen LogP contribution in [0.15, 0.2) is 50.6 Å². The summed E-state index contributed by atoms with van der Waals surface area (Å²) in [6.45, 7) is 11.6. The molecule has 22 heavy (non-hydrogen) atoms. The fraction of sp³-hybridized carbons (Fsp3) is 0. The molecule has 0 aromatic heterocycles. The Morgan fingerprint density at radius 1 is 0.545 bits per heavy atom. The van der Waals surface area contributed by atoms with Gasteiger partial charge in [-0.1, -0.05) is 26.3 Å². The van der Waals surface area contributed by atoms with Crippen molar-refractivity contribution in [1.82, 2.24) is 0 Å². The van der Waals surface area contributed by atoms with Gasteiger partial charge in [-0.25, -0.2) is 0 Å². The van der Waals surface area contributed by atoms with E-state index in [-0.39, 0.29) is 12.1 Å². The molecule has 0 radical (unpaired) electrons. The van der Waals surface area contributed by atoms with E-state index in [9.17, 15) is 0 Å². The van der Waals surface area contributed by atoms with Crippen LogP contribution in [0.25, 0.3) is 0 Å². The summed E-state index contributed by atoms with van der Waals surface area (Å²) in [4.78, 5) is 36.6. The Morgan fingerprint density at radius 2 is 0.591 bits per heavy atom. The molecule has 0 N–H and O–H groups in total. The summed E-state index contributed by atoms with van der Waals surface area (Å²) >= 11 is 0. The van der Waals surface area contributed by atoms with Crippen molar-refractivity contribution in [3.05, 3.63) is 58.0 Å². The van der Waals surface area contributed by atoms with Gasteiger partial charge in [0, 0.05) is 0 Å². The van der Waals surface area contributed by atoms with Crippen LogP contribution in [0, 0.1) is 7.43 Å². The van der Waals surface area contributed by atoms with E-state index in [2.05, 4.69) is 26.3 Å². The van der Waals surface area contributed by atoms with E-state index in [1.807, 2.05) is 0 Å². The largest absolute Gasteiger partial charge is 4.00 e. The van der Waals surface area contributed by atoms with E-state index in [1.54, 1.807) is 0 Å². The molecular weight excluding hydrogens is 303 g/mol. The van der Waals surface area contributed by atoms with Gasteiger partial charge in [0.15, 0.2) is 0 Å². The summed E-state index contributed by atoms with van der Waals surface area (Å²) in [5.41, 5.74) is 0. The van der Waals surface area contributed by atoms with E-state index < -0.39 is 23.9 Å². The van der Waals surface area contributed by atoms with Crippen molar-refractivity contribution in [2.45, 2.75) is 0 Å². The van der Waals surface area contributed by atoms with Gasteiger partial charge in [0.2, 0.25) is 0 Å². The molecule has 0 bridgehead atoms. The summed E-state index contributed by atoms with van der Waals surface area (Å²) < 4.78 is 0. The molecular formula is C13H13FO8. The SMILES string of the molecule is C=CC(=O)[O-].C=CC(=O)[O-].C=CC(=O)[O-].C=CC(=O)[O-].F.[C+4]. The summed E-state index contributed by atoms with van der Waals surface area (Å²) in [6, 6.07) is 0. The second kappa shape index (κ2) is 30.6. The van der Waals surface area contributed by atoms with Crippen molar-refractivity contribution in [3.63, 3.8) is 0 Å². The van der Waals surface area contributed by atoms with Crippen molar-refractivity contribution >= 4 is 23.9 Å². The Bertz CT molecular complexity index is 302. The predicted octanol–water partition coefficient (Wildman–Crippen LogP) is -4.08. The summed E-state index contributed by atoms with van der Waals surface area (Å²) in [5, 5.41) is 36.6. The minimum atomic E-state index is -1.23. The zero-order chi connectivity index (χ0) is 17.1. The van der Waals surface area contributed by atoms with Gasteiger partial charge in [0.25, 0.3) is 0 Å². The van der Waals surface area contributed by atoms with Crippen LogP contribution in [-0.2, 0) is 19.2 Å². The Balaban J connectivity index is -0.0000000376. The monoisotopic (exact) mass is 316 g/mol. The number of hydrogen-bond acceptors (Lipinski definition) is 8. The smallest absolute Gasteiger partial charge is 0.545 e. The first-order chi connectivity index (χ1) is 9.08. The maximum Gasteiger partial charge on any atom is 4.00 e. The first kappa shape index (κ1) is 36.3. The van der Waals surface area contributed by atoms with Gasteiger partial charge in [-0.3, -0.25) is 4.70 Å². The van der Waals surface area contributed by atoms with Crippen molar-refractivity contribution in [3.8, 4) is 0 Å². The van der Waals surface area contributed by atoms with Gasteiger partial charge in [-0.05, 0) is 24.3 Å². The zero-order valence-electron chi connectivity index (χ0n) is 11.3. The quantitative estimate of drug-likeness (QED) is 0.473. The molecule has 8 nitrogen and oxygen atoms in total. The Labute approximate surface area is 127 Å². The molecule has 0 saturated carbocycles. The molecule has 0 aliphatic rings. The van der Waals surface area contributed by atoms with Crippen LogP contribution in [0.2, 0.25) is 0 Å². The number of hydrogen-bond donors (Lipinski definition) is 0. The van der Waals surface area contributed by atoms with E-state index in [4.69, 9.17) is 39.6 Å². The maximum atomic E-state index is 9.14. The molecule has 0 spiro atoms. The molecule has 0 aliphatic carbocycles. The van der Waals surface area contributed by atoms with Gasteiger partial charge in [-0.2, -0.15) is 0 Å². The molecule has 0 fully saturated rings. The van der Waals surface area contributed by atoms with E-state index in [0.29, 0.717) is 0 Å². The van der Waals surface area contributed by atoms with Crippen LogP contribution in [0.5, 0.6) is 0 Å². The van der Waals surface area contributed by atoms with Crippen molar-refractivity contribution in [2.24, 2.45) is 0 Å². The topological polar surface area (TPSA) is 161 Å². The minimum Gasteiger partial charge on any atom is -0.545 e. The predicted molar refractivity (Wildman–Crippen MR) is 66.6 cm³/mol. The van der Waals surface area contributed by atoms with Gasteiger partial charge >= 0.3 is 7.43 Å². The van der Waals surface area contributed by atoms with Crippen LogP contribution in [0.4, 0.5) is 4.70 Å². The second-order valence-electron chi connectivity index (χ2n) is 2.09. The average Bonchev–Trinajstić information content (AvgIpc) is 2.40. The number of rotatable bonds is 4. The van der Waals surface area contributed by atoms with Gasteiger partial charge < -0.3 is 39.6 Å². The molecule has 0 unspecified atom stereocenters. The van der Waals surface area contributed by atoms with Gasteiger partial charge in [0.05, 0.1) is 23.9 Å². The normalized spacial score (nSPS) is 5.82. The van der Waals surface area contributed by atoms with Crippen LogP contribution < -0.4 is 20.4 Å². The van der Waals surface area contributed by atoms with E-state index >= 15 is 0 Å². The number of carboxylic acids is 4. The molecule has 0 aromatic carbocycles. The van der Waals surface area contributed by atoms with Gasteiger partial charge in [0.1, 0.15) is 0 Å². The fourth-order valence-corrected chi connectivity index (χ4v) is 0. The summed E-state index contributed by atoms with van der Waals surface area (Å²) in [6.07, 6.45) is 2.89. The number of aliphatic carboxylic acids is 4. The number of carboxylic acid groups (broad SMARTS) is 4. The zero-order valence-corrected chi connectivity index (χ0v) is 11.3. The Morgan fingerprint density at radius 3 is 0.591 bits per heavy atom. The van der Waals surface area contributed by atoms with Crippen molar-refractivity contribution in [2.75, 3.05) is 0 Å². The molecule has 9 heteroatoms. The molecule has 120 valence electrons. The average molecular weight is 316 g/mol. The maximum absolute atomic E-state index is 9.14. The van der Waals surface area contributed by atoms with Crippen LogP contribution in [0.1, 0.15) is 0 Å². The fourth-order valence-electron chi connectivity index (χ4n) is 0. The third kappa shape index (κ3) is 183. The Hall–Kier alpha value is -3.23. The molecule has 0 rings (SSSR count). The van der Waals surface area contributed by atoms with Crippen molar-refractivity contribution < 1.29 is 44.3 Å². The molecule has 0 aliphatic heterocycles. The number of carbonyl (C=O) groups is 4. The summed E-state index contributed by atoms with van der Waals surface area (Å²) in [7, 11) is 0. The molecule has 0 amide bonds. The number of carbonyl (C=O) groups excluding carboxylic acids is 4. The Kier molecular flexibility index (Phi) is 50.6. The minimum absolute atomic E-state index is 0. The van der Waals surface area contributed by atoms with Crippen molar-refractivity contribution in [1.29, 1.82) is 0 Å². The summed E-state index contributed by atoms with van der Waals surface area (Å²) in [5.74, 6) is -4.93.